The van der Waals surface area contributed by atoms with E-state index >= 15 is 0 Å². The lowest BCUT2D eigenvalue weighted by atomic mass is 9.93. The van der Waals surface area contributed by atoms with Crippen LogP contribution in [0.3, 0.4) is 0 Å². The van der Waals surface area contributed by atoms with Gasteiger partial charge in [-0.2, -0.15) is 0 Å². The molecule has 260 valence electrons. The van der Waals surface area contributed by atoms with Crippen LogP contribution in [0.2, 0.25) is 0 Å². The van der Waals surface area contributed by atoms with Crippen LogP contribution in [-0.4, -0.2) is 78.6 Å². The highest BCUT2D eigenvalue weighted by molar-refractivity contribution is 7.91. The van der Waals surface area contributed by atoms with E-state index in [0.29, 0.717) is 48.5 Å². The first-order valence-electron chi connectivity index (χ1n) is 16.9. The van der Waals surface area contributed by atoms with Crippen LogP contribution in [-0.2, 0) is 24.4 Å². The molecule has 0 bridgehead atoms. The number of sulfonamides is 1. The van der Waals surface area contributed by atoms with E-state index in [4.69, 9.17) is 14.5 Å². The standard InChI is InChI=1S/C35H41N5O7S2/c1-20-28(46-3)12-11-24-29(18-27(37-30(20)24)32-36-13-15-48-32)47-22-16-25-26(17-22)33(42)40(2)14-7-5-4-6-8-21-19-35(21,38-31(25)41)34(43)39-49(44,45)23-9-10-23/h6,8,11-13,15,18,21-23,25-26H,4-5,7,9-10,14,16-17,19H2,1-3H3,(H,38,41)(H,39,43)/b8-6-. The van der Waals surface area contributed by atoms with Gasteiger partial charge in [0.2, 0.25) is 21.8 Å². The summed E-state index contributed by atoms with van der Waals surface area (Å²) >= 11 is 1.46. The van der Waals surface area contributed by atoms with Crippen LogP contribution in [0.4, 0.5) is 0 Å². The molecular formula is C35H41N5O7S2. The predicted octanol–water partition coefficient (Wildman–Crippen LogP) is 4.13. The van der Waals surface area contributed by atoms with Gasteiger partial charge in [0.1, 0.15) is 33.8 Å². The van der Waals surface area contributed by atoms with Crippen molar-refractivity contribution >= 4 is 50.0 Å². The molecule has 5 unspecified atom stereocenters. The average molecular weight is 708 g/mol. The van der Waals surface area contributed by atoms with E-state index in [1.807, 2.05) is 42.7 Å². The van der Waals surface area contributed by atoms with Crippen molar-refractivity contribution in [3.05, 3.63) is 47.5 Å². The number of ether oxygens (including phenoxy) is 2. The highest BCUT2D eigenvalue weighted by Crippen LogP contribution is 2.47. The third kappa shape index (κ3) is 6.52. The molecule has 0 spiro atoms. The van der Waals surface area contributed by atoms with Gasteiger partial charge < -0.3 is 19.7 Å². The van der Waals surface area contributed by atoms with Crippen molar-refractivity contribution in [3.63, 3.8) is 0 Å². The quantitative estimate of drug-likeness (QED) is 0.345. The minimum absolute atomic E-state index is 0.148. The molecule has 2 aromatic heterocycles. The highest BCUT2D eigenvalue weighted by atomic mass is 32.2. The number of allylic oxidation sites excluding steroid dienone is 1. The molecule has 3 amide bonds. The van der Waals surface area contributed by atoms with Crippen LogP contribution in [0.1, 0.15) is 56.9 Å². The molecule has 2 N–H and O–H groups in total. The van der Waals surface area contributed by atoms with Crippen molar-refractivity contribution < 1.29 is 32.3 Å². The number of carbonyl (C=O) groups is 3. The van der Waals surface area contributed by atoms with E-state index < -0.39 is 50.6 Å². The summed E-state index contributed by atoms with van der Waals surface area (Å²) in [4.78, 5) is 52.7. The number of carbonyl (C=O) groups excluding carboxylic acids is 3. The Morgan fingerprint density at radius 2 is 1.94 bits per heavy atom. The first-order chi connectivity index (χ1) is 23.5. The largest absolute Gasteiger partial charge is 0.496 e. The third-order valence-electron chi connectivity index (χ3n) is 10.3. The summed E-state index contributed by atoms with van der Waals surface area (Å²) < 4.78 is 40.0. The van der Waals surface area contributed by atoms with Gasteiger partial charge in [0.05, 0.1) is 29.7 Å². The summed E-state index contributed by atoms with van der Waals surface area (Å²) in [6, 6.07) is 5.60. The monoisotopic (exact) mass is 707 g/mol. The van der Waals surface area contributed by atoms with Crippen LogP contribution < -0.4 is 19.5 Å². The van der Waals surface area contributed by atoms with Gasteiger partial charge in [-0.15, -0.1) is 11.3 Å². The van der Waals surface area contributed by atoms with Gasteiger partial charge in [0, 0.05) is 48.1 Å². The Bertz CT molecular complexity index is 1930. The van der Waals surface area contributed by atoms with Crippen LogP contribution in [0.15, 0.2) is 41.9 Å². The van der Waals surface area contributed by atoms with E-state index in [9.17, 15) is 22.8 Å². The van der Waals surface area contributed by atoms with Gasteiger partial charge in [0.25, 0.3) is 5.91 Å². The lowest BCUT2D eigenvalue weighted by Crippen LogP contribution is -2.54. The molecule has 3 fully saturated rings. The van der Waals surface area contributed by atoms with Crippen LogP contribution in [0.25, 0.3) is 21.6 Å². The van der Waals surface area contributed by atoms with Crippen molar-refractivity contribution in [1.29, 1.82) is 0 Å². The first kappa shape index (κ1) is 33.5. The zero-order valence-corrected chi connectivity index (χ0v) is 29.4. The molecule has 0 saturated heterocycles. The highest BCUT2D eigenvalue weighted by Gasteiger charge is 2.62. The molecule has 12 nitrogen and oxygen atoms in total. The number of benzene rings is 1. The lowest BCUT2D eigenvalue weighted by molar-refractivity contribution is -0.140. The fourth-order valence-electron chi connectivity index (χ4n) is 7.23. The summed E-state index contributed by atoms with van der Waals surface area (Å²) in [6.45, 7) is 2.49. The van der Waals surface area contributed by atoms with Crippen molar-refractivity contribution in [2.24, 2.45) is 17.8 Å². The molecule has 1 aromatic carbocycles. The Morgan fingerprint density at radius 1 is 1.14 bits per heavy atom. The Kier molecular flexibility index (Phi) is 8.89. The van der Waals surface area contributed by atoms with E-state index in [-0.39, 0.29) is 24.7 Å². The maximum Gasteiger partial charge on any atom is 0.259 e. The van der Waals surface area contributed by atoms with E-state index in [1.165, 1.54) is 11.3 Å². The second-order valence-corrected chi connectivity index (χ2v) is 16.5. The molecule has 1 aliphatic heterocycles. The number of hydrogen-bond acceptors (Lipinski definition) is 10. The van der Waals surface area contributed by atoms with Crippen LogP contribution >= 0.6 is 11.3 Å². The topological polar surface area (TPSA) is 157 Å². The summed E-state index contributed by atoms with van der Waals surface area (Å²) in [5, 5.41) is 5.74. The number of pyridine rings is 1. The summed E-state index contributed by atoms with van der Waals surface area (Å²) in [7, 11) is -0.452. The van der Waals surface area contributed by atoms with Crippen molar-refractivity contribution in [3.8, 4) is 22.2 Å². The number of thiazole rings is 1. The van der Waals surface area contributed by atoms with Gasteiger partial charge in [-0.25, -0.2) is 18.4 Å². The molecule has 3 saturated carbocycles. The minimum atomic E-state index is -3.82. The third-order valence-corrected chi connectivity index (χ3v) is 12.9. The van der Waals surface area contributed by atoms with Crippen molar-refractivity contribution in [1.82, 2.24) is 24.9 Å². The van der Waals surface area contributed by atoms with Crippen molar-refractivity contribution in [2.45, 2.75) is 75.2 Å². The second kappa shape index (κ2) is 13.0. The molecule has 7 rings (SSSR count). The summed E-state index contributed by atoms with van der Waals surface area (Å²) in [5.74, 6) is -1.88. The number of nitrogens with one attached hydrogen (secondary N) is 2. The number of nitrogens with zero attached hydrogens (tertiary/aromatic N) is 3. The van der Waals surface area contributed by atoms with Gasteiger partial charge >= 0.3 is 0 Å². The number of rotatable bonds is 7. The average Bonchev–Trinajstić information content (AvgIpc) is 3.94. The molecule has 49 heavy (non-hydrogen) atoms. The van der Waals surface area contributed by atoms with Crippen LogP contribution in [0.5, 0.6) is 11.5 Å². The van der Waals surface area contributed by atoms with E-state index in [1.54, 1.807) is 25.3 Å². The predicted molar refractivity (Wildman–Crippen MR) is 184 cm³/mol. The fourth-order valence-corrected chi connectivity index (χ4v) is 9.19. The zero-order chi connectivity index (χ0) is 34.5. The molecular weight excluding hydrogens is 667 g/mol. The molecule has 0 radical (unpaired) electrons. The number of methoxy groups -OCH3 is 1. The van der Waals surface area contributed by atoms with Gasteiger partial charge in [0.15, 0.2) is 0 Å². The molecule has 3 heterocycles. The molecule has 4 aliphatic rings. The Morgan fingerprint density at radius 3 is 2.67 bits per heavy atom. The maximum absolute atomic E-state index is 14.2. The maximum atomic E-state index is 14.2. The number of amides is 3. The number of fused-ring (bicyclic) bond motifs is 3. The smallest absolute Gasteiger partial charge is 0.259 e. The zero-order valence-electron chi connectivity index (χ0n) is 27.8. The minimum Gasteiger partial charge on any atom is -0.496 e. The van der Waals surface area contributed by atoms with E-state index in [0.717, 1.165) is 35.2 Å². The summed E-state index contributed by atoms with van der Waals surface area (Å²) in [5.41, 5.74) is 0.799. The molecule has 14 heteroatoms. The van der Waals surface area contributed by atoms with Gasteiger partial charge in [-0.1, -0.05) is 12.2 Å². The Labute approximate surface area is 289 Å². The van der Waals surface area contributed by atoms with Gasteiger partial charge in [-0.3, -0.25) is 19.1 Å². The fraction of sp³-hybridized carbons (Fsp3) is 0.514. The van der Waals surface area contributed by atoms with Gasteiger partial charge in [-0.05, 0) is 70.4 Å². The van der Waals surface area contributed by atoms with Crippen LogP contribution in [0, 0.1) is 24.7 Å². The second-order valence-electron chi connectivity index (χ2n) is 13.7. The molecule has 3 aliphatic carbocycles. The number of aromatic nitrogens is 2. The normalized spacial score (nSPS) is 28.2. The molecule has 3 aromatic rings. The lowest BCUT2D eigenvalue weighted by Gasteiger charge is -2.26. The number of hydrogen-bond donors (Lipinski definition) is 2. The van der Waals surface area contributed by atoms with E-state index in [2.05, 4.69) is 15.0 Å². The molecule has 5 atom stereocenters. The number of aryl methyl sites for hydroxylation is 1. The summed E-state index contributed by atoms with van der Waals surface area (Å²) in [6.07, 6.45) is 9.34. The van der Waals surface area contributed by atoms with Crippen molar-refractivity contribution in [2.75, 3.05) is 20.7 Å². The first-order valence-corrected chi connectivity index (χ1v) is 19.3. The Hall–Kier alpha value is -4.04. The SMILES string of the molecule is COc1ccc2c(OC3CC4C(=O)NC5(C(=O)NS(=O)(=O)C6CC6)CC5/C=C\CCCCN(C)C(=O)C4C3)cc(-c3nccs3)nc2c1C. The Balaban J connectivity index is 1.20.